The highest BCUT2D eigenvalue weighted by Gasteiger charge is 2.11. The van der Waals surface area contributed by atoms with Crippen molar-refractivity contribution in [2.24, 2.45) is 0 Å². The van der Waals surface area contributed by atoms with Crippen molar-refractivity contribution in [1.82, 2.24) is 0 Å². The maximum absolute atomic E-state index is 12.1. The van der Waals surface area contributed by atoms with E-state index in [0.717, 1.165) is 21.5 Å². The smallest absolute Gasteiger partial charge is 0.262 e. The number of nitrogens with one attached hydrogen (secondary N) is 1. The number of amides is 1. The first kappa shape index (κ1) is 20.3. The third-order valence-corrected chi connectivity index (χ3v) is 4.14. The second kappa shape index (κ2) is 10.2. The lowest BCUT2D eigenvalue weighted by Gasteiger charge is -2.14. The number of carbonyl (C=O) groups is 1. The zero-order valence-electron chi connectivity index (χ0n) is 15.3. The molecule has 1 N–H and O–H groups in total. The van der Waals surface area contributed by atoms with Crippen LogP contribution in [-0.2, 0) is 9.53 Å². The van der Waals surface area contributed by atoms with Gasteiger partial charge in [-0.05, 0) is 53.9 Å². The van der Waals surface area contributed by atoms with Crippen molar-refractivity contribution in [2.75, 3.05) is 32.2 Å². The van der Waals surface area contributed by atoms with Gasteiger partial charge in [0.25, 0.3) is 5.91 Å². The molecule has 0 saturated carbocycles. The Balaban J connectivity index is 1.87. The Hall–Kier alpha value is -2.05. The molecule has 0 aliphatic carbocycles. The molecule has 0 fully saturated rings. The Morgan fingerprint density at radius 2 is 1.81 bits per heavy atom. The highest BCUT2D eigenvalue weighted by Crippen LogP contribution is 2.29. The third-order valence-electron chi connectivity index (χ3n) is 3.65. The van der Waals surface area contributed by atoms with Gasteiger partial charge in [-0.1, -0.05) is 29.8 Å². The van der Waals surface area contributed by atoms with Gasteiger partial charge in [-0.3, -0.25) is 4.79 Å². The van der Waals surface area contributed by atoms with Crippen LogP contribution in [0.5, 0.6) is 11.5 Å². The topological polar surface area (TPSA) is 56.8 Å². The van der Waals surface area contributed by atoms with E-state index in [2.05, 4.69) is 35.1 Å². The molecule has 5 nitrogen and oxygen atoms in total. The minimum atomic E-state index is -0.212. The Bertz CT molecular complexity index is 716. The van der Waals surface area contributed by atoms with Gasteiger partial charge < -0.3 is 19.5 Å². The molecule has 1 amide bonds. The molecule has 0 spiro atoms. The van der Waals surface area contributed by atoms with Crippen molar-refractivity contribution in [1.29, 1.82) is 0 Å². The summed E-state index contributed by atoms with van der Waals surface area (Å²) in [6, 6.07) is 13.0. The molecule has 0 saturated heterocycles. The molecule has 0 heterocycles. The van der Waals surface area contributed by atoms with Gasteiger partial charge in [-0.2, -0.15) is 0 Å². The largest absolute Gasteiger partial charge is 0.491 e. The number of hydrogen-bond donors (Lipinski definition) is 1. The van der Waals surface area contributed by atoms with Crippen molar-refractivity contribution < 1.29 is 19.0 Å². The third kappa shape index (κ3) is 6.35. The van der Waals surface area contributed by atoms with Crippen LogP contribution in [0.25, 0.3) is 0 Å². The van der Waals surface area contributed by atoms with E-state index in [4.69, 9.17) is 14.2 Å². The number of ether oxygens (including phenoxy) is 3. The average molecular weight is 422 g/mol. The van der Waals surface area contributed by atoms with Gasteiger partial charge in [-0.25, -0.2) is 0 Å². The van der Waals surface area contributed by atoms with Crippen LogP contribution in [0.3, 0.4) is 0 Å². The van der Waals surface area contributed by atoms with Crippen molar-refractivity contribution in [3.63, 3.8) is 0 Å². The van der Waals surface area contributed by atoms with E-state index < -0.39 is 0 Å². The first-order chi connectivity index (χ1) is 12.5. The molecular formula is C20H24BrNO4. The summed E-state index contributed by atoms with van der Waals surface area (Å²) >= 11 is 3.46. The fourth-order valence-electron chi connectivity index (χ4n) is 2.32. The van der Waals surface area contributed by atoms with Crippen molar-refractivity contribution in [2.45, 2.75) is 19.8 Å². The summed E-state index contributed by atoms with van der Waals surface area (Å²) in [4.78, 5) is 12.1. The number of hydrogen-bond acceptors (Lipinski definition) is 4. The molecule has 2 aromatic rings. The molecule has 0 aliphatic heterocycles. The number of halogens is 1. The molecule has 0 atom stereocenters. The van der Waals surface area contributed by atoms with Gasteiger partial charge in [0.2, 0.25) is 0 Å². The Labute approximate surface area is 162 Å². The van der Waals surface area contributed by atoms with E-state index >= 15 is 0 Å². The van der Waals surface area contributed by atoms with Gasteiger partial charge in [0.1, 0.15) is 18.1 Å². The lowest BCUT2D eigenvalue weighted by Crippen LogP contribution is -2.20. The second-order valence-corrected chi connectivity index (χ2v) is 6.96. The fourth-order valence-corrected chi connectivity index (χ4v) is 2.70. The van der Waals surface area contributed by atoms with Crippen LogP contribution in [0, 0.1) is 0 Å². The average Bonchev–Trinajstić information content (AvgIpc) is 2.62. The van der Waals surface area contributed by atoms with Gasteiger partial charge in [0.05, 0.1) is 6.61 Å². The van der Waals surface area contributed by atoms with Crippen molar-refractivity contribution in [3.8, 4) is 11.5 Å². The molecular weight excluding hydrogens is 398 g/mol. The molecule has 26 heavy (non-hydrogen) atoms. The fraction of sp³-hybridized carbons (Fsp3) is 0.350. The highest BCUT2D eigenvalue weighted by atomic mass is 79.9. The summed E-state index contributed by atoms with van der Waals surface area (Å²) in [7, 11) is 1.63. The van der Waals surface area contributed by atoms with E-state index in [1.165, 1.54) is 0 Å². The monoisotopic (exact) mass is 421 g/mol. The normalized spacial score (nSPS) is 10.7. The first-order valence-electron chi connectivity index (χ1n) is 8.43. The molecule has 6 heteroatoms. The predicted molar refractivity (Wildman–Crippen MR) is 106 cm³/mol. The molecule has 0 bridgehead atoms. The summed E-state index contributed by atoms with van der Waals surface area (Å²) < 4.78 is 17.1. The van der Waals surface area contributed by atoms with Crippen molar-refractivity contribution in [3.05, 3.63) is 52.5 Å². The zero-order chi connectivity index (χ0) is 18.9. The maximum Gasteiger partial charge on any atom is 0.262 e. The highest BCUT2D eigenvalue weighted by molar-refractivity contribution is 9.10. The van der Waals surface area contributed by atoms with Crippen LogP contribution < -0.4 is 14.8 Å². The van der Waals surface area contributed by atoms with Crippen molar-refractivity contribution >= 4 is 27.5 Å². The minimum Gasteiger partial charge on any atom is -0.491 e. The van der Waals surface area contributed by atoms with Crippen LogP contribution in [0.4, 0.5) is 5.69 Å². The number of methoxy groups -OCH3 is 1. The molecule has 0 unspecified atom stereocenters. The molecule has 0 radical (unpaired) electrons. The van der Waals surface area contributed by atoms with E-state index in [9.17, 15) is 4.79 Å². The van der Waals surface area contributed by atoms with Gasteiger partial charge in [0, 0.05) is 17.3 Å². The lowest BCUT2D eigenvalue weighted by atomic mass is 10.0. The molecule has 2 aromatic carbocycles. The van der Waals surface area contributed by atoms with E-state index in [-0.39, 0.29) is 12.5 Å². The minimum absolute atomic E-state index is 0.0482. The maximum atomic E-state index is 12.1. The van der Waals surface area contributed by atoms with Crippen LogP contribution in [0.15, 0.2) is 46.9 Å². The van der Waals surface area contributed by atoms with E-state index in [1.807, 2.05) is 18.2 Å². The summed E-state index contributed by atoms with van der Waals surface area (Å²) in [5, 5.41) is 2.81. The van der Waals surface area contributed by atoms with Crippen LogP contribution in [0.2, 0.25) is 0 Å². The predicted octanol–water partition coefficient (Wildman–Crippen LogP) is 4.62. The Morgan fingerprint density at radius 1 is 1.08 bits per heavy atom. The SMILES string of the molecule is COCCOc1ccc(NC(=O)COc2ccc(Br)cc2C(C)C)cc1. The lowest BCUT2D eigenvalue weighted by molar-refractivity contribution is -0.118. The zero-order valence-corrected chi connectivity index (χ0v) is 16.8. The molecule has 0 aromatic heterocycles. The van der Waals surface area contributed by atoms with Gasteiger partial charge >= 0.3 is 0 Å². The summed E-state index contributed by atoms with van der Waals surface area (Å²) in [6.45, 7) is 5.15. The van der Waals surface area contributed by atoms with Crippen LogP contribution in [-0.4, -0.2) is 32.8 Å². The first-order valence-corrected chi connectivity index (χ1v) is 9.22. The standard InChI is InChI=1S/C20H24BrNO4/c1-14(2)18-12-15(21)4-9-19(18)26-13-20(23)22-16-5-7-17(8-6-16)25-11-10-24-3/h4-9,12,14H,10-11,13H2,1-3H3,(H,22,23). The van der Waals surface area contributed by atoms with Crippen LogP contribution >= 0.6 is 15.9 Å². The molecule has 2 rings (SSSR count). The van der Waals surface area contributed by atoms with Gasteiger partial charge in [-0.15, -0.1) is 0 Å². The summed E-state index contributed by atoms with van der Waals surface area (Å²) in [5.41, 5.74) is 1.75. The second-order valence-electron chi connectivity index (χ2n) is 6.04. The number of benzene rings is 2. The summed E-state index contributed by atoms with van der Waals surface area (Å²) in [6.07, 6.45) is 0. The Morgan fingerprint density at radius 3 is 2.46 bits per heavy atom. The molecule has 140 valence electrons. The Kier molecular flexibility index (Phi) is 7.94. The quantitative estimate of drug-likeness (QED) is 0.600. The molecule has 0 aliphatic rings. The number of rotatable bonds is 9. The number of anilines is 1. The summed E-state index contributed by atoms with van der Waals surface area (Å²) in [5.74, 6) is 1.54. The van der Waals surface area contributed by atoms with E-state index in [0.29, 0.717) is 24.8 Å². The van der Waals surface area contributed by atoms with Gasteiger partial charge in [0.15, 0.2) is 6.61 Å². The van der Waals surface area contributed by atoms with E-state index in [1.54, 1.807) is 31.4 Å². The van der Waals surface area contributed by atoms with Crippen LogP contribution in [0.1, 0.15) is 25.3 Å². The number of carbonyl (C=O) groups excluding carboxylic acids is 1.